The lowest BCUT2D eigenvalue weighted by atomic mass is 9.94. The second-order valence-electron chi connectivity index (χ2n) is 6.45. The minimum atomic E-state index is -0.853. The number of rotatable bonds is 6. The first-order valence-electron chi connectivity index (χ1n) is 8.37. The van der Waals surface area contributed by atoms with E-state index < -0.39 is 12.0 Å². The standard InChI is InChI=1S/C18H23NO4/c20-16(10-5-11-23-14-7-2-1-3-8-14)19-12-13-6-4-9-15(13)17(19)18(21)22/h1-3,7-8,13,15,17H,4-6,9-12H2,(H,21,22). The van der Waals surface area contributed by atoms with Crippen LogP contribution in [0.25, 0.3) is 0 Å². The highest BCUT2D eigenvalue weighted by molar-refractivity contribution is 5.84. The molecule has 0 spiro atoms. The molecule has 1 aromatic carbocycles. The van der Waals surface area contributed by atoms with Crippen molar-refractivity contribution in [3.8, 4) is 5.75 Å². The van der Waals surface area contributed by atoms with Crippen molar-refractivity contribution >= 4 is 11.9 Å². The second kappa shape index (κ2) is 7.02. The largest absolute Gasteiger partial charge is 0.494 e. The van der Waals surface area contributed by atoms with E-state index in [1.165, 1.54) is 0 Å². The van der Waals surface area contributed by atoms with Crippen LogP contribution < -0.4 is 4.74 Å². The highest BCUT2D eigenvalue weighted by Gasteiger charge is 2.49. The van der Waals surface area contributed by atoms with Gasteiger partial charge in [-0.15, -0.1) is 0 Å². The zero-order chi connectivity index (χ0) is 16.2. The normalized spacial score (nSPS) is 26.1. The molecule has 3 rings (SSSR count). The number of likely N-dealkylation sites (tertiary alicyclic amines) is 1. The summed E-state index contributed by atoms with van der Waals surface area (Å²) in [4.78, 5) is 25.6. The van der Waals surface area contributed by atoms with Crippen LogP contribution >= 0.6 is 0 Å². The van der Waals surface area contributed by atoms with Gasteiger partial charge in [-0.3, -0.25) is 4.79 Å². The zero-order valence-electron chi connectivity index (χ0n) is 13.2. The van der Waals surface area contributed by atoms with Crippen LogP contribution in [-0.2, 0) is 9.59 Å². The fourth-order valence-electron chi connectivity index (χ4n) is 3.95. The molecular formula is C18H23NO4. The molecule has 5 heteroatoms. The van der Waals surface area contributed by atoms with Gasteiger partial charge in [0.1, 0.15) is 11.8 Å². The van der Waals surface area contributed by atoms with Crippen molar-refractivity contribution in [3.05, 3.63) is 30.3 Å². The SMILES string of the molecule is O=C(O)C1C2CCCC2CN1C(=O)CCCOc1ccccc1. The number of aliphatic carboxylic acids is 1. The van der Waals surface area contributed by atoms with E-state index in [0.717, 1.165) is 25.0 Å². The van der Waals surface area contributed by atoms with Crippen molar-refractivity contribution in [1.82, 2.24) is 4.90 Å². The summed E-state index contributed by atoms with van der Waals surface area (Å²) >= 11 is 0. The minimum absolute atomic E-state index is 0.0524. The van der Waals surface area contributed by atoms with Gasteiger partial charge in [0.05, 0.1) is 6.61 Å². The topological polar surface area (TPSA) is 66.8 Å². The van der Waals surface area contributed by atoms with Gasteiger partial charge in [-0.2, -0.15) is 0 Å². The van der Waals surface area contributed by atoms with Crippen molar-refractivity contribution < 1.29 is 19.4 Å². The minimum Gasteiger partial charge on any atom is -0.494 e. The van der Waals surface area contributed by atoms with Gasteiger partial charge in [-0.25, -0.2) is 4.79 Å². The highest BCUT2D eigenvalue weighted by Crippen LogP contribution is 2.42. The van der Waals surface area contributed by atoms with E-state index >= 15 is 0 Å². The number of ether oxygens (including phenoxy) is 1. The van der Waals surface area contributed by atoms with Crippen LogP contribution in [0.2, 0.25) is 0 Å². The Morgan fingerprint density at radius 1 is 1.22 bits per heavy atom. The number of hydrogen-bond acceptors (Lipinski definition) is 3. The molecule has 1 saturated heterocycles. The predicted molar refractivity (Wildman–Crippen MR) is 85.1 cm³/mol. The van der Waals surface area contributed by atoms with Crippen molar-refractivity contribution in [2.24, 2.45) is 11.8 Å². The second-order valence-corrected chi connectivity index (χ2v) is 6.45. The number of benzene rings is 1. The van der Waals surface area contributed by atoms with E-state index in [2.05, 4.69) is 0 Å². The predicted octanol–water partition coefficient (Wildman–Crippen LogP) is 2.56. The first kappa shape index (κ1) is 15.8. The number of carboxylic acids is 1. The summed E-state index contributed by atoms with van der Waals surface area (Å²) in [6.07, 6.45) is 4.02. The molecule has 1 N–H and O–H groups in total. The molecule has 1 aromatic rings. The van der Waals surface area contributed by atoms with Crippen LogP contribution in [0.3, 0.4) is 0 Å². The Morgan fingerprint density at radius 3 is 2.74 bits per heavy atom. The molecule has 1 saturated carbocycles. The third-order valence-electron chi connectivity index (χ3n) is 5.01. The average Bonchev–Trinajstić information content (AvgIpc) is 3.12. The van der Waals surface area contributed by atoms with Crippen molar-refractivity contribution in [2.45, 2.75) is 38.1 Å². The maximum absolute atomic E-state index is 12.4. The van der Waals surface area contributed by atoms with Gasteiger partial charge in [-0.05, 0) is 43.2 Å². The van der Waals surface area contributed by atoms with Gasteiger partial charge in [0.25, 0.3) is 0 Å². The Balaban J connectivity index is 1.49. The lowest BCUT2D eigenvalue weighted by Crippen LogP contribution is -2.43. The maximum Gasteiger partial charge on any atom is 0.326 e. The molecule has 3 atom stereocenters. The molecule has 1 aliphatic heterocycles. The fourth-order valence-corrected chi connectivity index (χ4v) is 3.95. The Hall–Kier alpha value is -2.04. The van der Waals surface area contributed by atoms with E-state index in [-0.39, 0.29) is 11.8 Å². The molecule has 2 aliphatic rings. The van der Waals surface area contributed by atoms with E-state index in [4.69, 9.17) is 4.74 Å². The van der Waals surface area contributed by atoms with Crippen LogP contribution in [0, 0.1) is 11.8 Å². The quantitative estimate of drug-likeness (QED) is 0.819. The van der Waals surface area contributed by atoms with Crippen LogP contribution in [0.5, 0.6) is 5.75 Å². The molecule has 1 heterocycles. The lowest BCUT2D eigenvalue weighted by Gasteiger charge is -2.24. The lowest BCUT2D eigenvalue weighted by molar-refractivity contribution is -0.149. The summed E-state index contributed by atoms with van der Waals surface area (Å²) in [5, 5.41) is 9.48. The Bertz CT molecular complexity index is 559. The summed E-state index contributed by atoms with van der Waals surface area (Å²) in [6, 6.07) is 8.87. The highest BCUT2D eigenvalue weighted by atomic mass is 16.5. The molecule has 1 amide bonds. The zero-order valence-corrected chi connectivity index (χ0v) is 13.2. The molecule has 0 bridgehead atoms. The van der Waals surface area contributed by atoms with Gasteiger partial charge in [0, 0.05) is 13.0 Å². The average molecular weight is 317 g/mol. The van der Waals surface area contributed by atoms with Gasteiger partial charge < -0.3 is 14.7 Å². The number of nitrogens with zero attached hydrogens (tertiary/aromatic N) is 1. The molecule has 2 fully saturated rings. The van der Waals surface area contributed by atoms with E-state index in [9.17, 15) is 14.7 Å². The smallest absolute Gasteiger partial charge is 0.326 e. The number of hydrogen-bond donors (Lipinski definition) is 1. The van der Waals surface area contributed by atoms with E-state index in [1.54, 1.807) is 4.90 Å². The first-order valence-corrected chi connectivity index (χ1v) is 8.37. The first-order chi connectivity index (χ1) is 11.2. The van der Waals surface area contributed by atoms with Crippen LogP contribution in [0.1, 0.15) is 32.1 Å². The third-order valence-corrected chi connectivity index (χ3v) is 5.01. The maximum atomic E-state index is 12.4. The third kappa shape index (κ3) is 3.49. The number of fused-ring (bicyclic) bond motifs is 1. The number of carbonyl (C=O) groups excluding carboxylic acids is 1. The van der Waals surface area contributed by atoms with Crippen molar-refractivity contribution in [3.63, 3.8) is 0 Å². The number of amides is 1. The van der Waals surface area contributed by atoms with Crippen molar-refractivity contribution in [2.75, 3.05) is 13.2 Å². The Kier molecular flexibility index (Phi) is 4.84. The monoisotopic (exact) mass is 317 g/mol. The van der Waals surface area contributed by atoms with E-state index in [1.807, 2.05) is 30.3 Å². The van der Waals surface area contributed by atoms with Crippen LogP contribution in [-0.4, -0.2) is 41.1 Å². The van der Waals surface area contributed by atoms with Gasteiger partial charge in [-0.1, -0.05) is 24.6 Å². The van der Waals surface area contributed by atoms with Gasteiger partial charge >= 0.3 is 5.97 Å². The van der Waals surface area contributed by atoms with Crippen LogP contribution in [0.4, 0.5) is 0 Å². The summed E-state index contributed by atoms with van der Waals surface area (Å²) < 4.78 is 5.58. The van der Waals surface area contributed by atoms with Gasteiger partial charge in [0.15, 0.2) is 0 Å². The van der Waals surface area contributed by atoms with Crippen LogP contribution in [0.15, 0.2) is 30.3 Å². The molecule has 3 unspecified atom stereocenters. The molecule has 0 aromatic heterocycles. The Morgan fingerprint density at radius 2 is 2.00 bits per heavy atom. The molecular weight excluding hydrogens is 294 g/mol. The summed E-state index contributed by atoms with van der Waals surface area (Å²) in [5.74, 6) is 0.411. The summed E-state index contributed by atoms with van der Waals surface area (Å²) in [5.41, 5.74) is 0. The fraction of sp³-hybridized carbons (Fsp3) is 0.556. The molecule has 1 aliphatic carbocycles. The molecule has 23 heavy (non-hydrogen) atoms. The Labute approximate surface area is 136 Å². The van der Waals surface area contributed by atoms with Gasteiger partial charge in [0.2, 0.25) is 5.91 Å². The number of para-hydroxylation sites is 1. The summed E-state index contributed by atoms with van der Waals surface area (Å²) in [6.45, 7) is 1.08. The molecule has 0 radical (unpaired) electrons. The van der Waals surface area contributed by atoms with Crippen molar-refractivity contribution in [1.29, 1.82) is 0 Å². The molecule has 5 nitrogen and oxygen atoms in total. The summed E-state index contributed by atoms with van der Waals surface area (Å²) in [7, 11) is 0. The number of carboxylic acid groups (broad SMARTS) is 1. The van der Waals surface area contributed by atoms with E-state index in [0.29, 0.717) is 31.9 Å². The number of carbonyl (C=O) groups is 2. The molecule has 124 valence electrons.